The van der Waals surface area contributed by atoms with Crippen LogP contribution in [0.5, 0.6) is 11.5 Å². The molecule has 33 heavy (non-hydrogen) atoms. The summed E-state index contributed by atoms with van der Waals surface area (Å²) in [4.78, 5) is 37.0. The Balaban J connectivity index is 1.86. The van der Waals surface area contributed by atoms with Gasteiger partial charge in [0.15, 0.2) is 22.4 Å². The Bertz CT molecular complexity index is 1260. The van der Waals surface area contributed by atoms with Crippen LogP contribution in [0.4, 0.5) is 5.13 Å². The van der Waals surface area contributed by atoms with Gasteiger partial charge in [-0.05, 0) is 31.5 Å². The first-order valence-corrected chi connectivity index (χ1v) is 11.6. The molecule has 1 N–H and O–H groups in total. The minimum atomic E-state index is -0.902. The van der Waals surface area contributed by atoms with Crippen LogP contribution in [0.15, 0.2) is 53.8 Å². The molecule has 0 saturated carbocycles. The molecule has 3 heterocycles. The fourth-order valence-corrected chi connectivity index (χ4v) is 5.21. The molecule has 1 aromatic carbocycles. The van der Waals surface area contributed by atoms with E-state index in [9.17, 15) is 14.7 Å². The van der Waals surface area contributed by atoms with E-state index in [0.717, 1.165) is 5.01 Å². The van der Waals surface area contributed by atoms with Crippen molar-refractivity contribution in [2.75, 3.05) is 18.6 Å². The first kappa shape index (κ1) is 22.7. The lowest BCUT2D eigenvalue weighted by molar-refractivity contribution is -0.117. The SMILES string of the molecule is C=CCOc1ccc(C2C(C(=O)c3sc(C)nc3C)=C(O)C(=O)N2c2nccs2)cc1OC. The summed E-state index contributed by atoms with van der Waals surface area (Å²) in [6, 6.07) is 4.21. The van der Waals surface area contributed by atoms with Crippen LogP contribution in [0.25, 0.3) is 0 Å². The minimum Gasteiger partial charge on any atom is -0.503 e. The monoisotopic (exact) mass is 483 g/mol. The van der Waals surface area contributed by atoms with E-state index in [1.165, 1.54) is 34.7 Å². The zero-order chi connectivity index (χ0) is 23.7. The molecule has 1 aliphatic heterocycles. The maximum atomic E-state index is 13.6. The van der Waals surface area contributed by atoms with Crippen LogP contribution in [-0.2, 0) is 4.79 Å². The van der Waals surface area contributed by atoms with E-state index >= 15 is 0 Å². The fraction of sp³-hybridized carbons (Fsp3) is 0.217. The second-order valence-corrected chi connectivity index (χ2v) is 9.22. The van der Waals surface area contributed by atoms with Crippen molar-refractivity contribution in [3.63, 3.8) is 0 Å². The van der Waals surface area contributed by atoms with Gasteiger partial charge in [-0.3, -0.25) is 14.5 Å². The predicted octanol–water partition coefficient (Wildman–Crippen LogP) is 4.57. The molecular weight excluding hydrogens is 462 g/mol. The van der Waals surface area contributed by atoms with Gasteiger partial charge in [0, 0.05) is 11.6 Å². The third kappa shape index (κ3) is 4.03. The summed E-state index contributed by atoms with van der Waals surface area (Å²) in [6.45, 7) is 7.46. The molecule has 10 heteroatoms. The molecule has 3 aromatic rings. The molecular formula is C23H21N3O5S2. The molecule has 0 radical (unpaired) electrons. The Morgan fingerprint density at radius 1 is 1.33 bits per heavy atom. The van der Waals surface area contributed by atoms with Gasteiger partial charge in [-0.1, -0.05) is 18.7 Å². The number of hydrogen-bond donors (Lipinski definition) is 1. The highest BCUT2D eigenvalue weighted by molar-refractivity contribution is 7.14. The zero-order valence-electron chi connectivity index (χ0n) is 18.2. The molecule has 0 fully saturated rings. The van der Waals surface area contributed by atoms with E-state index in [2.05, 4.69) is 16.5 Å². The molecule has 0 spiro atoms. The summed E-state index contributed by atoms with van der Waals surface area (Å²) in [6.07, 6.45) is 3.18. The lowest BCUT2D eigenvalue weighted by Crippen LogP contribution is -2.31. The van der Waals surface area contributed by atoms with E-state index in [0.29, 0.717) is 32.8 Å². The Morgan fingerprint density at radius 3 is 2.73 bits per heavy atom. The first-order chi connectivity index (χ1) is 15.9. The standard InChI is InChI=1S/C23H21N3O5S2/c1-5-9-31-15-7-6-14(11-16(15)30-4)18-17(19(27)21-12(2)25-13(3)33-21)20(28)22(29)26(18)23-24-8-10-32-23/h5-8,10-11,18,28H,1,9H2,2-4H3. The highest BCUT2D eigenvalue weighted by Gasteiger charge is 2.46. The van der Waals surface area contributed by atoms with E-state index in [-0.39, 0.29) is 12.2 Å². The summed E-state index contributed by atoms with van der Waals surface area (Å²) < 4.78 is 11.1. The third-order valence-electron chi connectivity index (χ3n) is 5.05. The van der Waals surface area contributed by atoms with Crippen LogP contribution in [0.2, 0.25) is 0 Å². The van der Waals surface area contributed by atoms with Gasteiger partial charge in [-0.15, -0.1) is 22.7 Å². The van der Waals surface area contributed by atoms with Crippen LogP contribution in [0.3, 0.4) is 0 Å². The second kappa shape index (κ2) is 9.16. The number of Topliss-reactive ketones (excluding diaryl/α,β-unsaturated/α-hetero) is 1. The number of carbonyl (C=O) groups excluding carboxylic acids is 2. The number of carbonyl (C=O) groups is 2. The summed E-state index contributed by atoms with van der Waals surface area (Å²) in [5.41, 5.74) is 1.09. The predicted molar refractivity (Wildman–Crippen MR) is 127 cm³/mol. The number of aliphatic hydroxyl groups is 1. The highest BCUT2D eigenvalue weighted by atomic mass is 32.1. The smallest absolute Gasteiger partial charge is 0.296 e. The molecule has 1 aliphatic rings. The van der Waals surface area contributed by atoms with Crippen LogP contribution >= 0.6 is 22.7 Å². The number of hydrogen-bond acceptors (Lipinski definition) is 9. The minimum absolute atomic E-state index is 0.0243. The van der Waals surface area contributed by atoms with Crippen LogP contribution in [0.1, 0.15) is 32.0 Å². The van der Waals surface area contributed by atoms with Gasteiger partial charge in [-0.2, -0.15) is 0 Å². The number of thiazole rings is 2. The number of rotatable bonds is 8. The molecule has 0 bridgehead atoms. The summed E-state index contributed by atoms with van der Waals surface area (Å²) >= 11 is 2.46. The Kier molecular flexibility index (Phi) is 6.30. The number of aliphatic hydroxyl groups excluding tert-OH is 1. The van der Waals surface area contributed by atoms with Gasteiger partial charge in [0.2, 0.25) is 5.78 Å². The average Bonchev–Trinajstić information content (AvgIpc) is 3.51. The molecule has 4 rings (SSSR count). The molecule has 1 amide bonds. The number of anilines is 1. The third-order valence-corrected chi connectivity index (χ3v) is 6.89. The molecule has 0 aliphatic carbocycles. The van der Waals surface area contributed by atoms with Crippen LogP contribution in [0, 0.1) is 13.8 Å². The van der Waals surface area contributed by atoms with Crippen molar-refractivity contribution in [2.24, 2.45) is 0 Å². The quantitative estimate of drug-likeness (QED) is 0.370. The maximum absolute atomic E-state index is 13.6. The molecule has 1 unspecified atom stereocenters. The first-order valence-electron chi connectivity index (χ1n) is 9.93. The summed E-state index contributed by atoms with van der Waals surface area (Å²) in [5, 5.41) is 13.7. The lowest BCUT2D eigenvalue weighted by Gasteiger charge is -2.25. The van der Waals surface area contributed by atoms with Crippen LogP contribution < -0.4 is 14.4 Å². The highest BCUT2D eigenvalue weighted by Crippen LogP contribution is 2.45. The molecule has 170 valence electrons. The van der Waals surface area contributed by atoms with E-state index in [1.54, 1.807) is 49.7 Å². The van der Waals surface area contributed by atoms with Crippen molar-refractivity contribution in [1.82, 2.24) is 9.97 Å². The number of amides is 1. The van der Waals surface area contributed by atoms with Crippen molar-refractivity contribution >= 4 is 39.5 Å². The Morgan fingerprint density at radius 2 is 2.12 bits per heavy atom. The van der Waals surface area contributed by atoms with Crippen LogP contribution in [-0.4, -0.2) is 40.5 Å². The van der Waals surface area contributed by atoms with E-state index in [4.69, 9.17) is 9.47 Å². The number of ketones is 1. The second-order valence-electron chi connectivity index (χ2n) is 7.14. The maximum Gasteiger partial charge on any atom is 0.296 e. The van der Waals surface area contributed by atoms with Crippen molar-refractivity contribution in [3.05, 3.63) is 74.9 Å². The largest absolute Gasteiger partial charge is 0.503 e. The average molecular weight is 484 g/mol. The van der Waals surface area contributed by atoms with Gasteiger partial charge in [0.1, 0.15) is 6.61 Å². The van der Waals surface area contributed by atoms with E-state index < -0.39 is 23.5 Å². The fourth-order valence-electron chi connectivity index (χ4n) is 3.67. The number of aromatic nitrogens is 2. The van der Waals surface area contributed by atoms with Gasteiger partial charge < -0.3 is 14.6 Å². The van der Waals surface area contributed by atoms with Gasteiger partial charge >= 0.3 is 0 Å². The van der Waals surface area contributed by atoms with E-state index in [1.807, 2.05) is 0 Å². The number of benzene rings is 1. The number of aryl methyl sites for hydroxylation is 2. The molecule has 8 nitrogen and oxygen atoms in total. The van der Waals surface area contributed by atoms with Gasteiger partial charge in [-0.25, -0.2) is 9.97 Å². The number of nitrogens with zero attached hydrogens (tertiary/aromatic N) is 3. The summed E-state index contributed by atoms with van der Waals surface area (Å²) in [5.74, 6) is -0.830. The van der Waals surface area contributed by atoms with Gasteiger partial charge in [0.05, 0.1) is 34.3 Å². The van der Waals surface area contributed by atoms with Crippen molar-refractivity contribution in [3.8, 4) is 11.5 Å². The number of methoxy groups -OCH3 is 1. The van der Waals surface area contributed by atoms with Gasteiger partial charge in [0.25, 0.3) is 5.91 Å². The van der Waals surface area contributed by atoms with Crippen molar-refractivity contribution < 1.29 is 24.2 Å². The van der Waals surface area contributed by atoms with Crippen molar-refractivity contribution in [2.45, 2.75) is 19.9 Å². The topological polar surface area (TPSA) is 102 Å². The molecule has 2 aromatic heterocycles. The normalized spacial score (nSPS) is 15.8. The van der Waals surface area contributed by atoms with Crippen molar-refractivity contribution in [1.29, 1.82) is 0 Å². The Labute approximate surface area is 198 Å². The number of ether oxygens (including phenoxy) is 2. The lowest BCUT2D eigenvalue weighted by atomic mass is 9.95. The summed E-state index contributed by atoms with van der Waals surface area (Å²) in [7, 11) is 1.50. The molecule has 1 atom stereocenters. The zero-order valence-corrected chi connectivity index (χ0v) is 19.8. The molecule has 0 saturated heterocycles. The Hall–Kier alpha value is -3.50.